The first-order valence-electron chi connectivity index (χ1n) is 15.8. The van der Waals surface area contributed by atoms with E-state index in [1.807, 2.05) is 37.1 Å². The van der Waals surface area contributed by atoms with Gasteiger partial charge in [0.25, 0.3) is 5.91 Å². The van der Waals surface area contributed by atoms with Gasteiger partial charge in [0.2, 0.25) is 0 Å². The lowest BCUT2D eigenvalue weighted by molar-refractivity contribution is -0.137. The van der Waals surface area contributed by atoms with Crippen LogP contribution < -0.4 is 0 Å². The first kappa shape index (κ1) is 34.5. The zero-order valence-electron chi connectivity index (χ0n) is 27.0. The molecule has 0 bridgehead atoms. The first-order chi connectivity index (χ1) is 22.0. The fourth-order valence-corrected chi connectivity index (χ4v) is 5.89. The summed E-state index contributed by atoms with van der Waals surface area (Å²) in [6.07, 6.45) is 1.30. The molecule has 4 rings (SSSR count). The van der Waals surface area contributed by atoms with Gasteiger partial charge in [0.1, 0.15) is 11.5 Å². The monoisotopic (exact) mass is 636 g/mol. The summed E-state index contributed by atoms with van der Waals surface area (Å²) in [5, 5.41) is 0. The maximum absolute atomic E-state index is 14.2. The van der Waals surface area contributed by atoms with Crippen molar-refractivity contribution in [3.8, 4) is 11.3 Å². The Hall–Kier alpha value is -4.34. The van der Waals surface area contributed by atoms with Gasteiger partial charge in [0.15, 0.2) is 11.5 Å². The summed E-state index contributed by atoms with van der Waals surface area (Å²) in [6.45, 7) is 12.6. The zero-order chi connectivity index (χ0) is 33.4. The van der Waals surface area contributed by atoms with Crippen molar-refractivity contribution in [2.24, 2.45) is 11.8 Å². The molecule has 3 aromatic rings. The van der Waals surface area contributed by atoms with E-state index < -0.39 is 11.7 Å². The smallest absolute Gasteiger partial charge is 0.416 e. The average molecular weight is 637 g/mol. The Morgan fingerprint density at radius 3 is 2.35 bits per heavy atom. The number of carbonyl (C=O) groups is 2. The Morgan fingerprint density at radius 1 is 1.02 bits per heavy atom. The van der Waals surface area contributed by atoms with Crippen LogP contribution in [0.5, 0.6) is 0 Å². The van der Waals surface area contributed by atoms with Crippen molar-refractivity contribution in [3.05, 3.63) is 102 Å². The number of furan rings is 1. The Morgan fingerprint density at radius 2 is 1.74 bits per heavy atom. The molecule has 1 saturated heterocycles. The van der Waals surface area contributed by atoms with Gasteiger partial charge in [-0.15, -0.1) is 0 Å². The molecule has 0 aliphatic carbocycles. The zero-order valence-corrected chi connectivity index (χ0v) is 27.0. The molecule has 1 aliphatic rings. The lowest BCUT2D eigenvalue weighted by Crippen LogP contribution is -2.49. The van der Waals surface area contributed by atoms with Gasteiger partial charge in [-0.05, 0) is 54.8 Å². The summed E-state index contributed by atoms with van der Waals surface area (Å²) in [6, 6.07) is 13.6. The number of carbonyl (C=O) groups excluding carboxylic acids is 2. The highest BCUT2D eigenvalue weighted by molar-refractivity contribution is 5.98. The number of likely N-dealkylation sites (N-methyl/N-ethyl adjacent to an activating group) is 1. The molecule has 1 amide bonds. The van der Waals surface area contributed by atoms with E-state index in [-0.39, 0.29) is 40.6 Å². The van der Waals surface area contributed by atoms with E-state index in [9.17, 15) is 22.8 Å². The predicted octanol–water partition coefficient (Wildman–Crippen LogP) is 7.33. The molecule has 2 unspecified atom stereocenters. The van der Waals surface area contributed by atoms with Crippen molar-refractivity contribution >= 4 is 11.7 Å². The molecule has 246 valence electrons. The molecular formula is C36H43F3N4O3. The minimum atomic E-state index is -4.48. The van der Waals surface area contributed by atoms with Gasteiger partial charge in [-0.25, -0.2) is 0 Å². The SMILES string of the molecule is C=C/C(=C(\C(=O)C(CC)C(C)CC)N(C)CCc1ccccn1)N1CCN(C(=O)c2ccc(-c3cccc(C(F)(F)F)c3)o2)CC1. The Balaban J connectivity index is 1.52. The van der Waals surface area contributed by atoms with Crippen LogP contribution in [0, 0.1) is 11.8 Å². The molecule has 1 aliphatic heterocycles. The molecule has 7 nitrogen and oxygen atoms in total. The van der Waals surface area contributed by atoms with Gasteiger partial charge < -0.3 is 19.1 Å². The third kappa shape index (κ3) is 8.08. The number of piperazine rings is 1. The minimum Gasteiger partial charge on any atom is -0.451 e. The second-order valence-corrected chi connectivity index (χ2v) is 11.7. The maximum atomic E-state index is 14.2. The quantitative estimate of drug-likeness (QED) is 0.145. The number of hydrogen-bond donors (Lipinski definition) is 0. The second-order valence-electron chi connectivity index (χ2n) is 11.7. The van der Waals surface area contributed by atoms with Gasteiger partial charge >= 0.3 is 6.18 Å². The standard InChI is InChI=1S/C36H43F3N4O3/c1-6-25(4)29(7-2)34(44)33(41(5)19-17-28-14-9-10-18-40-28)30(8-3)42-20-22-43(23-21-42)35(45)32-16-15-31(46-32)26-12-11-13-27(24-26)36(37,38)39/h8-16,18,24-25,29H,3,6-7,17,19-23H2,1-2,4-5H3/b33-30-. The van der Waals surface area contributed by atoms with E-state index >= 15 is 0 Å². The summed E-state index contributed by atoms with van der Waals surface area (Å²) in [5.41, 5.74) is 1.76. The molecule has 2 atom stereocenters. The molecule has 3 heterocycles. The number of halogens is 3. The average Bonchev–Trinajstić information content (AvgIpc) is 3.57. The van der Waals surface area contributed by atoms with Gasteiger partial charge in [-0.2, -0.15) is 13.2 Å². The van der Waals surface area contributed by atoms with Gasteiger partial charge in [-0.3, -0.25) is 14.6 Å². The van der Waals surface area contributed by atoms with Crippen molar-refractivity contribution in [2.45, 2.75) is 46.2 Å². The summed E-state index contributed by atoms with van der Waals surface area (Å²) in [7, 11) is 1.93. The number of ketones is 1. The van der Waals surface area contributed by atoms with Crippen molar-refractivity contribution in [1.82, 2.24) is 19.7 Å². The molecule has 1 aromatic carbocycles. The number of nitrogens with zero attached hydrogens (tertiary/aromatic N) is 4. The summed E-state index contributed by atoms with van der Waals surface area (Å²) < 4.78 is 45.3. The molecular weight excluding hydrogens is 593 g/mol. The molecule has 0 spiro atoms. The number of benzene rings is 1. The number of amides is 1. The molecule has 0 radical (unpaired) electrons. The van der Waals surface area contributed by atoms with E-state index in [2.05, 4.69) is 30.3 Å². The van der Waals surface area contributed by atoms with E-state index in [1.165, 1.54) is 24.3 Å². The predicted molar refractivity (Wildman–Crippen MR) is 173 cm³/mol. The highest BCUT2D eigenvalue weighted by atomic mass is 19.4. The van der Waals surface area contributed by atoms with Gasteiger partial charge in [-0.1, -0.05) is 52.0 Å². The largest absolute Gasteiger partial charge is 0.451 e. The van der Waals surface area contributed by atoms with E-state index in [4.69, 9.17) is 4.42 Å². The van der Waals surface area contributed by atoms with Crippen molar-refractivity contribution < 1.29 is 27.2 Å². The van der Waals surface area contributed by atoms with Crippen LogP contribution in [0.1, 0.15) is 55.4 Å². The van der Waals surface area contributed by atoms with Gasteiger partial charge in [0.05, 0.1) is 11.3 Å². The second kappa shape index (κ2) is 15.3. The Kier molecular flexibility index (Phi) is 11.5. The number of rotatable bonds is 13. The fourth-order valence-electron chi connectivity index (χ4n) is 5.89. The fraction of sp³-hybridized carbons (Fsp3) is 0.417. The lowest BCUT2D eigenvalue weighted by Gasteiger charge is -2.39. The number of allylic oxidation sites excluding steroid dienone is 2. The number of alkyl halides is 3. The Labute approximate surface area is 269 Å². The minimum absolute atomic E-state index is 0.0600. The van der Waals surface area contributed by atoms with Crippen LogP contribution >= 0.6 is 0 Å². The molecule has 46 heavy (non-hydrogen) atoms. The third-order valence-corrected chi connectivity index (χ3v) is 8.79. The molecule has 10 heteroatoms. The van der Waals surface area contributed by atoms with Crippen LogP contribution in [0.4, 0.5) is 13.2 Å². The third-order valence-electron chi connectivity index (χ3n) is 8.79. The molecule has 2 aromatic heterocycles. The number of pyridine rings is 1. The van der Waals surface area contributed by atoms with Crippen LogP contribution in [-0.2, 0) is 17.4 Å². The topological polar surface area (TPSA) is 69.9 Å². The van der Waals surface area contributed by atoms with Crippen molar-refractivity contribution in [2.75, 3.05) is 39.8 Å². The van der Waals surface area contributed by atoms with E-state index in [1.54, 1.807) is 17.2 Å². The highest BCUT2D eigenvalue weighted by Gasteiger charge is 2.33. The van der Waals surface area contributed by atoms with Crippen LogP contribution in [0.25, 0.3) is 11.3 Å². The first-order valence-corrected chi connectivity index (χ1v) is 15.8. The molecule has 0 N–H and O–H groups in total. The van der Waals surface area contributed by atoms with Gasteiger partial charge in [0, 0.05) is 69.6 Å². The Bertz CT molecular complexity index is 1520. The molecule has 0 saturated carbocycles. The van der Waals surface area contributed by atoms with Crippen LogP contribution in [-0.4, -0.2) is 71.1 Å². The van der Waals surface area contributed by atoms with Crippen molar-refractivity contribution in [3.63, 3.8) is 0 Å². The number of hydrogen-bond acceptors (Lipinski definition) is 6. The summed E-state index contributed by atoms with van der Waals surface area (Å²) >= 11 is 0. The van der Waals surface area contributed by atoms with Crippen molar-refractivity contribution in [1.29, 1.82) is 0 Å². The number of Topliss-reactive ketones (excluding diaryl/α,β-unsaturated/α-hetero) is 1. The maximum Gasteiger partial charge on any atom is 0.416 e. The molecule has 1 fully saturated rings. The van der Waals surface area contributed by atoms with E-state index in [0.29, 0.717) is 44.8 Å². The normalized spacial score (nSPS) is 15.6. The van der Waals surface area contributed by atoms with Crippen LogP contribution in [0.15, 0.2) is 89.3 Å². The number of aromatic nitrogens is 1. The highest BCUT2D eigenvalue weighted by Crippen LogP contribution is 2.33. The summed E-state index contributed by atoms with van der Waals surface area (Å²) in [5.74, 6) is 0.0741. The van der Waals surface area contributed by atoms with Crippen LogP contribution in [0.3, 0.4) is 0 Å². The summed E-state index contributed by atoms with van der Waals surface area (Å²) in [4.78, 5) is 37.8. The van der Waals surface area contributed by atoms with E-state index in [0.717, 1.165) is 36.4 Å². The van der Waals surface area contributed by atoms with Crippen LogP contribution in [0.2, 0.25) is 0 Å². The lowest BCUT2D eigenvalue weighted by atomic mass is 9.84.